The molecule has 0 atom stereocenters. The number of hydrogen-bond acceptors (Lipinski definition) is 4. The highest BCUT2D eigenvalue weighted by Crippen LogP contribution is 2.33. The summed E-state index contributed by atoms with van der Waals surface area (Å²) in [6.45, 7) is 4.04. The summed E-state index contributed by atoms with van der Waals surface area (Å²) in [5.41, 5.74) is 0.877. The second-order valence-electron chi connectivity index (χ2n) is 4.11. The predicted octanol–water partition coefficient (Wildman–Crippen LogP) is 4.34. The maximum Gasteiger partial charge on any atom is 0.339 e. The number of halogens is 2. The first-order valence-corrected chi connectivity index (χ1v) is 7.23. The van der Waals surface area contributed by atoms with Crippen molar-refractivity contribution in [3.63, 3.8) is 0 Å². The number of carboxylic acids is 1. The maximum absolute atomic E-state index is 11.2. The molecule has 20 heavy (non-hydrogen) atoms. The van der Waals surface area contributed by atoms with E-state index in [4.69, 9.17) is 33.0 Å². The first kappa shape index (κ1) is 15.1. The number of carboxylic acid groups (broad SMARTS) is 1. The minimum absolute atomic E-state index is 0.0625. The van der Waals surface area contributed by atoms with Gasteiger partial charge in [-0.2, -0.15) is 0 Å². The van der Waals surface area contributed by atoms with Crippen LogP contribution in [0.5, 0.6) is 5.75 Å². The smallest absolute Gasteiger partial charge is 0.339 e. The molecule has 1 heterocycles. The standard InChI is InChI=1S/C13H11Cl2NO3S/c1-6-7(2)20-11(16-6)5-19-12-9(13(17)18)3-8(14)4-10(12)15/h3-4H,5H2,1-2H3,(H,17,18). The molecule has 4 nitrogen and oxygen atoms in total. The van der Waals surface area contributed by atoms with E-state index in [9.17, 15) is 4.79 Å². The molecule has 7 heteroatoms. The molecule has 0 aliphatic rings. The second-order valence-corrected chi connectivity index (χ2v) is 6.24. The first-order chi connectivity index (χ1) is 9.38. The molecule has 106 valence electrons. The lowest BCUT2D eigenvalue weighted by molar-refractivity contribution is 0.0691. The van der Waals surface area contributed by atoms with E-state index in [1.54, 1.807) is 0 Å². The van der Waals surface area contributed by atoms with Gasteiger partial charge in [-0.25, -0.2) is 9.78 Å². The average molecular weight is 332 g/mol. The van der Waals surface area contributed by atoms with Crippen LogP contribution in [0.2, 0.25) is 10.0 Å². The molecule has 1 aromatic carbocycles. The van der Waals surface area contributed by atoms with Crippen molar-refractivity contribution < 1.29 is 14.6 Å². The largest absolute Gasteiger partial charge is 0.484 e. The molecule has 1 aromatic heterocycles. The van der Waals surface area contributed by atoms with Gasteiger partial charge in [0, 0.05) is 9.90 Å². The Morgan fingerprint density at radius 3 is 2.65 bits per heavy atom. The van der Waals surface area contributed by atoms with Crippen LogP contribution in [0.1, 0.15) is 25.9 Å². The van der Waals surface area contributed by atoms with Crippen LogP contribution in [0.3, 0.4) is 0 Å². The van der Waals surface area contributed by atoms with Crippen LogP contribution < -0.4 is 4.74 Å². The van der Waals surface area contributed by atoms with Crippen LogP contribution in [-0.2, 0) is 6.61 Å². The van der Waals surface area contributed by atoms with Gasteiger partial charge < -0.3 is 9.84 Å². The monoisotopic (exact) mass is 331 g/mol. The summed E-state index contributed by atoms with van der Waals surface area (Å²) in [7, 11) is 0. The number of aromatic nitrogens is 1. The van der Waals surface area contributed by atoms with E-state index in [0.717, 1.165) is 15.6 Å². The van der Waals surface area contributed by atoms with Gasteiger partial charge in [0.2, 0.25) is 0 Å². The van der Waals surface area contributed by atoms with E-state index in [0.29, 0.717) is 0 Å². The molecule has 0 unspecified atom stereocenters. The Kier molecular flexibility index (Phi) is 4.52. The minimum atomic E-state index is -1.14. The second kappa shape index (κ2) is 5.99. The van der Waals surface area contributed by atoms with Crippen LogP contribution in [-0.4, -0.2) is 16.1 Å². The molecule has 0 aliphatic heterocycles. The zero-order chi connectivity index (χ0) is 14.9. The van der Waals surface area contributed by atoms with E-state index in [1.807, 2.05) is 13.8 Å². The van der Waals surface area contributed by atoms with Gasteiger partial charge in [0.1, 0.15) is 17.2 Å². The maximum atomic E-state index is 11.2. The van der Waals surface area contributed by atoms with Gasteiger partial charge in [-0.05, 0) is 26.0 Å². The summed E-state index contributed by atoms with van der Waals surface area (Å²) < 4.78 is 5.52. The Bertz CT molecular complexity index is 650. The lowest BCUT2D eigenvalue weighted by Crippen LogP contribution is -2.04. The van der Waals surface area contributed by atoms with Gasteiger partial charge in [-0.1, -0.05) is 23.2 Å². The molecule has 0 saturated heterocycles. The molecule has 0 fully saturated rings. The Morgan fingerprint density at radius 2 is 2.10 bits per heavy atom. The molecule has 0 aliphatic carbocycles. The summed E-state index contributed by atoms with van der Waals surface area (Å²) in [5, 5.41) is 10.3. The number of carbonyl (C=O) groups is 1. The molecular formula is C13H11Cl2NO3S. The lowest BCUT2D eigenvalue weighted by atomic mass is 10.2. The van der Waals surface area contributed by atoms with Gasteiger partial charge in [0.05, 0.1) is 10.7 Å². The summed E-state index contributed by atoms with van der Waals surface area (Å²) >= 11 is 13.3. The highest BCUT2D eigenvalue weighted by molar-refractivity contribution is 7.11. The van der Waals surface area contributed by atoms with Crippen molar-refractivity contribution in [3.05, 3.63) is 43.3 Å². The number of rotatable bonds is 4. The quantitative estimate of drug-likeness (QED) is 0.904. The summed E-state index contributed by atoms with van der Waals surface area (Å²) in [6, 6.07) is 2.76. The Balaban J connectivity index is 2.27. The van der Waals surface area contributed by atoms with Gasteiger partial charge >= 0.3 is 5.97 Å². The van der Waals surface area contributed by atoms with Crippen molar-refractivity contribution in [1.29, 1.82) is 0 Å². The van der Waals surface area contributed by atoms with E-state index in [2.05, 4.69) is 4.98 Å². The van der Waals surface area contributed by atoms with Crippen LogP contribution >= 0.6 is 34.5 Å². The van der Waals surface area contributed by atoms with Crippen molar-refractivity contribution in [1.82, 2.24) is 4.98 Å². The first-order valence-electron chi connectivity index (χ1n) is 5.66. The van der Waals surface area contributed by atoms with Crippen LogP contribution in [0.4, 0.5) is 0 Å². The van der Waals surface area contributed by atoms with Crippen molar-refractivity contribution >= 4 is 40.5 Å². The van der Waals surface area contributed by atoms with E-state index in [1.165, 1.54) is 23.5 Å². The van der Waals surface area contributed by atoms with Gasteiger partial charge in [-0.15, -0.1) is 11.3 Å². The SMILES string of the molecule is Cc1nc(COc2c(Cl)cc(Cl)cc2C(=O)O)sc1C. The fourth-order valence-corrected chi connectivity index (χ4v) is 3.00. The summed E-state index contributed by atoms with van der Waals surface area (Å²) in [6.07, 6.45) is 0. The number of ether oxygens (including phenoxy) is 1. The van der Waals surface area contributed by atoms with Gasteiger partial charge in [0.15, 0.2) is 5.75 Å². The number of benzene rings is 1. The number of hydrogen-bond donors (Lipinski definition) is 1. The number of aromatic carboxylic acids is 1. The molecule has 1 N–H and O–H groups in total. The minimum Gasteiger partial charge on any atom is -0.484 e. The third kappa shape index (κ3) is 3.23. The van der Waals surface area contributed by atoms with Crippen LogP contribution in [0.25, 0.3) is 0 Å². The topological polar surface area (TPSA) is 59.4 Å². The third-order valence-corrected chi connectivity index (χ3v) is 4.20. The van der Waals surface area contributed by atoms with E-state index >= 15 is 0 Å². The molecule has 0 radical (unpaired) electrons. The third-order valence-electron chi connectivity index (χ3n) is 2.65. The van der Waals surface area contributed by atoms with Gasteiger partial charge in [-0.3, -0.25) is 0 Å². The number of thiazole rings is 1. The van der Waals surface area contributed by atoms with Gasteiger partial charge in [0.25, 0.3) is 0 Å². The lowest BCUT2D eigenvalue weighted by Gasteiger charge is -2.10. The zero-order valence-electron chi connectivity index (χ0n) is 10.7. The zero-order valence-corrected chi connectivity index (χ0v) is 13.1. The van der Waals surface area contributed by atoms with Crippen LogP contribution in [0, 0.1) is 13.8 Å². The molecule has 2 rings (SSSR count). The molecular weight excluding hydrogens is 321 g/mol. The molecule has 0 saturated carbocycles. The number of nitrogens with zero attached hydrogens (tertiary/aromatic N) is 1. The summed E-state index contributed by atoms with van der Waals surface area (Å²) in [4.78, 5) is 16.6. The summed E-state index contributed by atoms with van der Waals surface area (Å²) in [5.74, 6) is -1.04. The Morgan fingerprint density at radius 1 is 1.40 bits per heavy atom. The van der Waals surface area contributed by atoms with Crippen LogP contribution in [0.15, 0.2) is 12.1 Å². The van der Waals surface area contributed by atoms with Crippen molar-refractivity contribution in [2.45, 2.75) is 20.5 Å². The molecule has 0 amide bonds. The highest BCUT2D eigenvalue weighted by Gasteiger charge is 2.17. The van der Waals surface area contributed by atoms with Crippen molar-refractivity contribution in [3.8, 4) is 5.75 Å². The normalized spacial score (nSPS) is 10.6. The van der Waals surface area contributed by atoms with E-state index < -0.39 is 5.97 Å². The Labute approximate surface area is 129 Å². The highest BCUT2D eigenvalue weighted by atomic mass is 35.5. The average Bonchev–Trinajstić information content (AvgIpc) is 2.66. The van der Waals surface area contributed by atoms with Crippen molar-refractivity contribution in [2.75, 3.05) is 0 Å². The molecule has 2 aromatic rings. The Hall–Kier alpha value is -1.30. The van der Waals surface area contributed by atoms with E-state index in [-0.39, 0.29) is 28.0 Å². The predicted molar refractivity (Wildman–Crippen MR) is 79.3 cm³/mol. The number of aryl methyl sites for hydroxylation is 2. The molecule has 0 bridgehead atoms. The fraction of sp³-hybridized carbons (Fsp3) is 0.231. The van der Waals surface area contributed by atoms with Crippen molar-refractivity contribution in [2.24, 2.45) is 0 Å². The molecule has 0 spiro atoms. The fourth-order valence-electron chi connectivity index (χ4n) is 1.60.